The number of aliphatic carboxylic acids is 1. The van der Waals surface area contributed by atoms with Crippen LogP contribution in [0.15, 0.2) is 54.0 Å². The van der Waals surface area contributed by atoms with Crippen LogP contribution in [0.3, 0.4) is 0 Å². The lowest BCUT2D eigenvalue weighted by Gasteiger charge is -2.30. The third-order valence-corrected chi connectivity index (χ3v) is 8.40. The number of anilines is 1. The largest absolute Gasteiger partial charge is 0.472 e. The second-order valence-electron chi connectivity index (χ2n) is 10.2. The van der Waals surface area contributed by atoms with Crippen molar-refractivity contribution in [2.45, 2.75) is 42.9 Å². The standard InChI is InChI=1S/C29H26Cl4N4O6/c1-29(33)9-19(31)6-4-17(29)12-41-13-21-25(42-11-16-2-5-18(30)8-20(16)32)24(40)28(43-21)37-10-15(3-7-22(38)39)23-26(34)35-14-36-27(23)37/h2,4-6,8-10,14,17,21,24-25,28,40H,11-13H2,1H3,(H,38,39)(H2,34,35,36)/t17?,21-,24-,25-,28-,29?/m1/s1. The molecule has 2 aromatic heterocycles. The first-order valence-electron chi connectivity index (χ1n) is 13.0. The Bertz CT molecular complexity index is 1660. The molecule has 1 fully saturated rings. The highest BCUT2D eigenvalue weighted by molar-refractivity contribution is 6.35. The van der Waals surface area contributed by atoms with Crippen LogP contribution in [0.1, 0.15) is 24.3 Å². The van der Waals surface area contributed by atoms with Gasteiger partial charge < -0.3 is 34.7 Å². The third kappa shape index (κ3) is 6.95. The molecular weight excluding hydrogens is 642 g/mol. The molecule has 3 heterocycles. The molecule has 1 aliphatic heterocycles. The summed E-state index contributed by atoms with van der Waals surface area (Å²) < 4.78 is 20.1. The van der Waals surface area contributed by atoms with Crippen LogP contribution in [0.25, 0.3) is 11.0 Å². The van der Waals surface area contributed by atoms with Gasteiger partial charge in [-0.15, -0.1) is 11.6 Å². The number of halogens is 4. The molecule has 1 aliphatic carbocycles. The van der Waals surface area contributed by atoms with Crippen molar-refractivity contribution >= 4 is 69.2 Å². The minimum absolute atomic E-state index is 0.0450. The molecule has 0 radical (unpaired) electrons. The number of carboxylic acids is 1. The van der Waals surface area contributed by atoms with Crippen molar-refractivity contribution in [2.75, 3.05) is 18.9 Å². The maximum atomic E-state index is 11.5. The lowest BCUT2D eigenvalue weighted by molar-refractivity contribution is -0.130. The Hall–Kier alpha value is -2.85. The first kappa shape index (κ1) is 31.6. The second kappa shape index (κ2) is 13.0. The summed E-state index contributed by atoms with van der Waals surface area (Å²) >= 11 is 25.2. The van der Waals surface area contributed by atoms with Gasteiger partial charge in [-0.3, -0.25) is 0 Å². The van der Waals surface area contributed by atoms with Crippen molar-refractivity contribution in [1.82, 2.24) is 14.5 Å². The topological polar surface area (TPSA) is 142 Å². The van der Waals surface area contributed by atoms with E-state index < -0.39 is 35.4 Å². The highest BCUT2D eigenvalue weighted by Crippen LogP contribution is 2.38. The highest BCUT2D eigenvalue weighted by atomic mass is 35.5. The average molecular weight is 668 g/mol. The van der Waals surface area contributed by atoms with Crippen LogP contribution in [-0.2, 0) is 25.6 Å². The summed E-state index contributed by atoms with van der Waals surface area (Å²) in [6.45, 7) is 2.19. The van der Waals surface area contributed by atoms with Crippen molar-refractivity contribution in [3.05, 3.63) is 75.2 Å². The number of hydrogen-bond acceptors (Lipinski definition) is 8. The minimum atomic E-state index is -1.32. The number of allylic oxidation sites excluding steroid dienone is 3. The van der Waals surface area contributed by atoms with Gasteiger partial charge in [0, 0.05) is 33.1 Å². The van der Waals surface area contributed by atoms with Crippen molar-refractivity contribution in [2.24, 2.45) is 5.92 Å². The van der Waals surface area contributed by atoms with E-state index in [1.807, 2.05) is 13.0 Å². The maximum absolute atomic E-state index is 11.5. The van der Waals surface area contributed by atoms with E-state index in [1.165, 1.54) is 17.1 Å². The van der Waals surface area contributed by atoms with Gasteiger partial charge in [0.25, 0.3) is 0 Å². The lowest BCUT2D eigenvalue weighted by Crippen LogP contribution is -2.38. The fourth-order valence-electron chi connectivity index (χ4n) is 4.98. The molecule has 2 aliphatic rings. The summed E-state index contributed by atoms with van der Waals surface area (Å²) in [4.78, 5) is 18.7. The molecule has 1 saturated heterocycles. The van der Waals surface area contributed by atoms with Gasteiger partial charge in [0.2, 0.25) is 0 Å². The number of aliphatic hydroxyl groups excluding tert-OH is 1. The molecule has 0 amide bonds. The Kier molecular flexibility index (Phi) is 9.56. The number of aromatic nitrogens is 3. The molecule has 2 unspecified atom stereocenters. The Morgan fingerprint density at radius 2 is 2.05 bits per heavy atom. The quantitative estimate of drug-likeness (QED) is 0.225. The van der Waals surface area contributed by atoms with Crippen molar-refractivity contribution in [3.63, 3.8) is 0 Å². The summed E-state index contributed by atoms with van der Waals surface area (Å²) in [5, 5.41) is 22.4. The molecule has 6 atom stereocenters. The number of carbonyl (C=O) groups is 1. The smallest absolute Gasteiger partial charge is 0.382 e. The van der Waals surface area contributed by atoms with E-state index in [-0.39, 0.29) is 37.1 Å². The Balaban J connectivity index is 1.42. The normalized spacial score (nSPS) is 26.7. The second-order valence-corrected chi connectivity index (χ2v) is 12.3. The molecule has 3 aromatic rings. The number of ether oxygens (including phenoxy) is 3. The zero-order valence-corrected chi connectivity index (χ0v) is 25.6. The maximum Gasteiger partial charge on any atom is 0.382 e. The summed E-state index contributed by atoms with van der Waals surface area (Å²) in [5.74, 6) is 3.24. The van der Waals surface area contributed by atoms with Gasteiger partial charge in [-0.2, -0.15) is 0 Å². The number of fused-ring (bicyclic) bond motifs is 1. The zero-order chi connectivity index (χ0) is 30.9. The fraction of sp³-hybridized carbons (Fsp3) is 0.345. The molecule has 0 saturated carbocycles. The average Bonchev–Trinajstić information content (AvgIpc) is 3.45. The number of nitrogen functional groups attached to an aromatic ring is 1. The van der Waals surface area contributed by atoms with E-state index in [4.69, 9.17) is 71.5 Å². The number of alkyl halides is 1. The van der Waals surface area contributed by atoms with Crippen LogP contribution in [0.2, 0.25) is 10.0 Å². The van der Waals surface area contributed by atoms with Gasteiger partial charge in [-0.1, -0.05) is 52.9 Å². The zero-order valence-electron chi connectivity index (χ0n) is 22.6. The summed E-state index contributed by atoms with van der Waals surface area (Å²) in [6, 6.07) is 5.02. The minimum Gasteiger partial charge on any atom is -0.472 e. The number of nitrogens with zero attached hydrogens (tertiary/aromatic N) is 3. The van der Waals surface area contributed by atoms with E-state index in [2.05, 4.69) is 21.8 Å². The van der Waals surface area contributed by atoms with Crippen LogP contribution in [-0.4, -0.2) is 67.1 Å². The molecule has 5 rings (SSSR count). The van der Waals surface area contributed by atoms with Gasteiger partial charge in [-0.05, 0) is 36.8 Å². The Morgan fingerprint density at radius 3 is 2.77 bits per heavy atom. The molecule has 4 N–H and O–H groups in total. The molecular formula is C29H26Cl4N4O6. The monoisotopic (exact) mass is 666 g/mol. The van der Waals surface area contributed by atoms with E-state index in [0.717, 1.165) is 0 Å². The SMILES string of the molecule is CC1(Cl)C=C(Cl)C=CC1COC[C@H]1O[C@@H](n2cc(C#CC(=O)O)c3c(N)ncnc32)[C@H](O)[C@@H]1OCc1ccc(Cl)cc1Cl. The van der Waals surface area contributed by atoms with Crippen LogP contribution in [0, 0.1) is 17.8 Å². The van der Waals surface area contributed by atoms with Gasteiger partial charge in [-0.25, -0.2) is 14.8 Å². The van der Waals surface area contributed by atoms with E-state index in [0.29, 0.717) is 31.7 Å². The molecule has 43 heavy (non-hydrogen) atoms. The molecule has 10 nitrogen and oxygen atoms in total. The van der Waals surface area contributed by atoms with E-state index in [9.17, 15) is 9.90 Å². The van der Waals surface area contributed by atoms with Gasteiger partial charge in [0.1, 0.15) is 36.1 Å². The summed E-state index contributed by atoms with van der Waals surface area (Å²) in [6.07, 6.45) is 4.31. The van der Waals surface area contributed by atoms with E-state index in [1.54, 1.807) is 30.4 Å². The Labute approximate surface area is 266 Å². The number of benzene rings is 1. The molecule has 14 heteroatoms. The Morgan fingerprint density at radius 1 is 1.26 bits per heavy atom. The first-order valence-corrected chi connectivity index (χ1v) is 14.5. The summed E-state index contributed by atoms with van der Waals surface area (Å²) in [7, 11) is 0. The number of aliphatic hydroxyl groups is 1. The van der Waals surface area contributed by atoms with Gasteiger partial charge in [0.15, 0.2) is 6.23 Å². The highest BCUT2D eigenvalue weighted by Gasteiger charge is 2.46. The van der Waals surface area contributed by atoms with E-state index >= 15 is 0 Å². The van der Waals surface area contributed by atoms with Gasteiger partial charge in [0.05, 0.1) is 35.6 Å². The molecule has 1 aromatic carbocycles. The predicted molar refractivity (Wildman–Crippen MR) is 163 cm³/mol. The number of nitrogens with two attached hydrogens (primary N) is 1. The molecule has 0 spiro atoms. The first-order chi connectivity index (χ1) is 20.4. The van der Waals surface area contributed by atoms with Crippen molar-refractivity contribution in [1.29, 1.82) is 0 Å². The number of carboxylic acid groups (broad SMARTS) is 1. The van der Waals surface area contributed by atoms with Crippen LogP contribution in [0.4, 0.5) is 5.82 Å². The molecule has 226 valence electrons. The van der Waals surface area contributed by atoms with Gasteiger partial charge >= 0.3 is 5.97 Å². The fourth-order valence-corrected chi connectivity index (χ4v) is 6.05. The van der Waals surface area contributed by atoms with Crippen molar-refractivity contribution in [3.8, 4) is 11.8 Å². The number of rotatable bonds is 8. The van der Waals surface area contributed by atoms with Crippen LogP contribution in [0.5, 0.6) is 0 Å². The third-order valence-electron chi connectivity index (χ3n) is 7.19. The number of hydrogen-bond donors (Lipinski definition) is 3. The van der Waals surface area contributed by atoms with Crippen LogP contribution >= 0.6 is 46.4 Å². The van der Waals surface area contributed by atoms with Crippen molar-refractivity contribution < 1.29 is 29.2 Å². The lowest BCUT2D eigenvalue weighted by atomic mass is 9.90. The summed E-state index contributed by atoms with van der Waals surface area (Å²) in [5.41, 5.74) is 7.30. The molecule has 0 bridgehead atoms. The van der Waals surface area contributed by atoms with Crippen LogP contribution < -0.4 is 5.73 Å². The predicted octanol–water partition coefficient (Wildman–Crippen LogP) is 4.92.